The average molecular weight is 260 g/mol. The number of carbonyl (C=O) groups is 1. The molecule has 3 nitrogen and oxygen atoms in total. The first-order valence-corrected chi connectivity index (χ1v) is 6.56. The fourth-order valence-electron chi connectivity index (χ4n) is 2.32. The second kappa shape index (κ2) is 6.02. The Balaban J connectivity index is 1.82. The van der Waals surface area contributed by atoms with Gasteiger partial charge in [0.25, 0.3) is 0 Å². The van der Waals surface area contributed by atoms with Gasteiger partial charge in [-0.1, -0.05) is 43.3 Å². The van der Waals surface area contributed by atoms with Crippen LogP contribution in [0.15, 0.2) is 43.0 Å². The Kier molecular flexibility index (Phi) is 4.38. The first kappa shape index (κ1) is 13.8. The van der Waals surface area contributed by atoms with E-state index in [9.17, 15) is 4.79 Å². The Morgan fingerprint density at radius 2 is 2.21 bits per heavy atom. The van der Waals surface area contributed by atoms with E-state index in [4.69, 9.17) is 9.47 Å². The van der Waals surface area contributed by atoms with E-state index >= 15 is 0 Å². The van der Waals surface area contributed by atoms with Crippen molar-refractivity contribution in [3.8, 4) is 0 Å². The Hall–Kier alpha value is -1.61. The molecule has 1 aromatic rings. The zero-order chi connectivity index (χ0) is 13.7. The monoisotopic (exact) mass is 260 g/mol. The maximum Gasteiger partial charge on any atom is 0.307 e. The number of carbonyl (C=O) groups excluding carboxylic acids is 1. The molecule has 102 valence electrons. The van der Waals surface area contributed by atoms with Crippen LogP contribution < -0.4 is 0 Å². The molecule has 0 aromatic heterocycles. The van der Waals surface area contributed by atoms with Crippen LogP contribution in [-0.2, 0) is 20.9 Å². The van der Waals surface area contributed by atoms with Gasteiger partial charge in [0.1, 0.15) is 6.10 Å². The van der Waals surface area contributed by atoms with Crippen molar-refractivity contribution < 1.29 is 14.3 Å². The summed E-state index contributed by atoms with van der Waals surface area (Å²) in [5, 5.41) is 0. The van der Waals surface area contributed by atoms with Gasteiger partial charge in [0.05, 0.1) is 19.6 Å². The zero-order valence-electron chi connectivity index (χ0n) is 11.3. The predicted molar refractivity (Wildman–Crippen MR) is 73.5 cm³/mol. The average Bonchev–Trinajstić information content (AvgIpc) is 2.39. The first-order chi connectivity index (χ1) is 9.11. The van der Waals surface area contributed by atoms with Crippen LogP contribution >= 0.6 is 0 Å². The number of esters is 1. The normalized spacial score (nSPS) is 26.8. The second-order valence-corrected chi connectivity index (χ2v) is 5.35. The zero-order valence-corrected chi connectivity index (χ0v) is 11.3. The van der Waals surface area contributed by atoms with Crippen LogP contribution in [0.5, 0.6) is 0 Å². The number of hydrogen-bond donors (Lipinski definition) is 0. The largest absolute Gasteiger partial charge is 0.460 e. The summed E-state index contributed by atoms with van der Waals surface area (Å²) in [6, 6.07) is 9.96. The smallest absolute Gasteiger partial charge is 0.307 e. The number of ether oxygens (including phenoxy) is 2. The lowest BCUT2D eigenvalue weighted by molar-refractivity contribution is -0.163. The highest BCUT2D eigenvalue weighted by Gasteiger charge is 2.35. The molecule has 0 spiro atoms. The van der Waals surface area contributed by atoms with Crippen LogP contribution in [0, 0.1) is 5.41 Å². The summed E-state index contributed by atoms with van der Waals surface area (Å²) in [7, 11) is 0. The quantitative estimate of drug-likeness (QED) is 0.603. The lowest BCUT2D eigenvalue weighted by Gasteiger charge is -2.34. The summed E-state index contributed by atoms with van der Waals surface area (Å²) in [6.07, 6.45) is 2.85. The van der Waals surface area contributed by atoms with Crippen LogP contribution in [0.3, 0.4) is 0 Å². The van der Waals surface area contributed by atoms with Crippen molar-refractivity contribution >= 4 is 5.97 Å². The highest BCUT2D eigenvalue weighted by Crippen LogP contribution is 2.34. The number of hydrogen-bond acceptors (Lipinski definition) is 3. The van der Waals surface area contributed by atoms with Crippen LogP contribution in [0.1, 0.15) is 25.3 Å². The summed E-state index contributed by atoms with van der Waals surface area (Å²) >= 11 is 0. The van der Waals surface area contributed by atoms with Crippen LogP contribution in [0.25, 0.3) is 0 Å². The second-order valence-electron chi connectivity index (χ2n) is 5.35. The molecule has 0 saturated carbocycles. The summed E-state index contributed by atoms with van der Waals surface area (Å²) in [5.74, 6) is -0.165. The molecule has 0 aliphatic carbocycles. The highest BCUT2D eigenvalue weighted by atomic mass is 16.6. The molecular formula is C16H20O3. The van der Waals surface area contributed by atoms with Gasteiger partial charge < -0.3 is 9.47 Å². The lowest BCUT2D eigenvalue weighted by Crippen LogP contribution is -2.37. The molecule has 0 amide bonds. The van der Waals surface area contributed by atoms with Crippen molar-refractivity contribution in [1.29, 1.82) is 0 Å². The fraction of sp³-hybridized carbons (Fsp3) is 0.438. The molecule has 0 radical (unpaired) electrons. The standard InChI is InChI=1S/C16H20O3/c1-3-16(2)9-14(19-15(17)10-16)12-18-11-13-7-5-4-6-8-13/h3-8,14H,1,9-12H2,2H3/t14?,16-/m0/s1. The van der Waals surface area contributed by atoms with Gasteiger partial charge in [-0.3, -0.25) is 4.79 Å². The van der Waals surface area contributed by atoms with E-state index < -0.39 is 0 Å². The van der Waals surface area contributed by atoms with Crippen molar-refractivity contribution in [2.24, 2.45) is 5.41 Å². The van der Waals surface area contributed by atoms with E-state index in [0.717, 1.165) is 12.0 Å². The molecule has 1 unspecified atom stereocenters. The van der Waals surface area contributed by atoms with Crippen LogP contribution in [-0.4, -0.2) is 18.7 Å². The molecule has 1 aliphatic rings. The molecule has 0 N–H and O–H groups in total. The molecule has 1 aliphatic heterocycles. The number of rotatable bonds is 5. The molecular weight excluding hydrogens is 240 g/mol. The molecule has 2 atom stereocenters. The summed E-state index contributed by atoms with van der Waals surface area (Å²) in [6.45, 7) is 6.81. The summed E-state index contributed by atoms with van der Waals surface area (Å²) in [4.78, 5) is 11.6. The van der Waals surface area contributed by atoms with E-state index in [1.165, 1.54) is 0 Å². The predicted octanol–water partition coefficient (Wildman–Crippen LogP) is 3.10. The van der Waals surface area contributed by atoms with Crippen molar-refractivity contribution in [1.82, 2.24) is 0 Å². The van der Waals surface area contributed by atoms with Crippen molar-refractivity contribution in [3.63, 3.8) is 0 Å². The molecule has 2 rings (SSSR count). The summed E-state index contributed by atoms with van der Waals surface area (Å²) in [5.41, 5.74) is 0.951. The molecule has 1 fully saturated rings. The Bertz CT molecular complexity index is 441. The fourth-order valence-corrected chi connectivity index (χ4v) is 2.32. The third-order valence-corrected chi connectivity index (χ3v) is 3.45. The van der Waals surface area contributed by atoms with Gasteiger partial charge in [-0.2, -0.15) is 0 Å². The maximum absolute atomic E-state index is 11.6. The first-order valence-electron chi connectivity index (χ1n) is 6.56. The molecule has 3 heteroatoms. The minimum atomic E-state index is -0.173. The third-order valence-electron chi connectivity index (χ3n) is 3.45. The minimum absolute atomic E-state index is 0.165. The molecule has 1 saturated heterocycles. The van der Waals surface area contributed by atoms with Gasteiger partial charge in [0, 0.05) is 0 Å². The Morgan fingerprint density at radius 3 is 2.89 bits per heavy atom. The van der Waals surface area contributed by atoms with Crippen LogP contribution in [0.4, 0.5) is 0 Å². The maximum atomic E-state index is 11.6. The third kappa shape index (κ3) is 3.93. The van der Waals surface area contributed by atoms with E-state index in [0.29, 0.717) is 19.6 Å². The van der Waals surface area contributed by atoms with E-state index in [1.807, 2.05) is 43.3 Å². The molecule has 0 bridgehead atoms. The van der Waals surface area contributed by atoms with Gasteiger partial charge >= 0.3 is 5.97 Å². The van der Waals surface area contributed by atoms with Gasteiger partial charge in [-0.25, -0.2) is 0 Å². The minimum Gasteiger partial charge on any atom is -0.460 e. The van der Waals surface area contributed by atoms with E-state index in [2.05, 4.69) is 6.58 Å². The molecule has 1 heterocycles. The highest BCUT2D eigenvalue weighted by molar-refractivity contribution is 5.71. The Morgan fingerprint density at radius 1 is 1.47 bits per heavy atom. The Labute approximate surface area is 114 Å². The van der Waals surface area contributed by atoms with Crippen LogP contribution in [0.2, 0.25) is 0 Å². The number of cyclic esters (lactones) is 1. The topological polar surface area (TPSA) is 35.5 Å². The van der Waals surface area contributed by atoms with Gasteiger partial charge in [-0.05, 0) is 17.4 Å². The van der Waals surface area contributed by atoms with Crippen molar-refractivity contribution in [2.45, 2.75) is 32.5 Å². The lowest BCUT2D eigenvalue weighted by atomic mass is 9.80. The number of allylic oxidation sites excluding steroid dienone is 1. The summed E-state index contributed by atoms with van der Waals surface area (Å²) < 4.78 is 10.9. The van der Waals surface area contributed by atoms with E-state index in [1.54, 1.807) is 0 Å². The molecule has 1 aromatic carbocycles. The van der Waals surface area contributed by atoms with Gasteiger partial charge in [0.2, 0.25) is 0 Å². The SMILES string of the molecule is C=C[C@]1(C)CC(=O)OC(COCc2ccccc2)C1. The van der Waals surface area contributed by atoms with E-state index in [-0.39, 0.29) is 17.5 Å². The van der Waals surface area contributed by atoms with Gasteiger partial charge in [-0.15, -0.1) is 6.58 Å². The van der Waals surface area contributed by atoms with Gasteiger partial charge in [0.15, 0.2) is 0 Å². The number of benzene rings is 1. The van der Waals surface area contributed by atoms with Crippen molar-refractivity contribution in [2.75, 3.05) is 6.61 Å². The van der Waals surface area contributed by atoms with Crippen molar-refractivity contribution in [3.05, 3.63) is 48.6 Å². The molecule has 19 heavy (non-hydrogen) atoms.